The first-order chi connectivity index (χ1) is 11.6. The highest BCUT2D eigenvalue weighted by Crippen LogP contribution is 2.35. The molecule has 1 heterocycles. The monoisotopic (exact) mass is 326 g/mol. The van der Waals surface area contributed by atoms with Gasteiger partial charge >= 0.3 is 0 Å². The number of nitriles is 1. The summed E-state index contributed by atoms with van der Waals surface area (Å²) in [6, 6.07) is 14.1. The number of halogens is 1. The Morgan fingerprint density at radius 2 is 2.17 bits per heavy atom. The number of β-amino-alcohol motifs (C(OH)–C–C–N with tert-alkyl or cyclic N) is 1. The zero-order valence-electron chi connectivity index (χ0n) is 13.4. The predicted octanol–water partition coefficient (Wildman–Crippen LogP) is 3.01. The maximum Gasteiger partial charge on any atom is 0.124 e. The summed E-state index contributed by atoms with van der Waals surface area (Å²) in [6.07, 6.45) is 0.197. The molecule has 0 aliphatic carbocycles. The number of hydrogen-bond acceptors (Lipinski definition) is 4. The highest BCUT2D eigenvalue weighted by atomic mass is 19.1. The van der Waals surface area contributed by atoms with Gasteiger partial charge in [-0.3, -0.25) is 4.90 Å². The van der Waals surface area contributed by atoms with Crippen molar-refractivity contribution in [2.24, 2.45) is 0 Å². The number of aliphatic hydroxyl groups excluding tert-OH is 1. The molecule has 5 heteroatoms. The Bertz CT molecular complexity index is 772. The highest BCUT2D eigenvalue weighted by Gasteiger charge is 2.32. The first kappa shape index (κ1) is 16.4. The van der Waals surface area contributed by atoms with Crippen molar-refractivity contribution in [3.8, 4) is 11.8 Å². The van der Waals surface area contributed by atoms with Crippen LogP contribution in [-0.2, 0) is 6.54 Å². The van der Waals surface area contributed by atoms with Crippen molar-refractivity contribution in [3.05, 3.63) is 65.0 Å². The van der Waals surface area contributed by atoms with Crippen LogP contribution in [0.5, 0.6) is 5.75 Å². The summed E-state index contributed by atoms with van der Waals surface area (Å²) in [5.41, 5.74) is 2.16. The molecule has 0 aromatic heterocycles. The van der Waals surface area contributed by atoms with Crippen molar-refractivity contribution in [1.82, 2.24) is 4.90 Å². The Balaban J connectivity index is 1.87. The molecule has 1 aliphatic rings. The SMILES string of the molecule is COc1cccc([C@H]2C[C@@H](O)CN2Cc2ccc(F)cc2C#N)c1. The zero-order valence-corrected chi connectivity index (χ0v) is 13.4. The van der Waals surface area contributed by atoms with Gasteiger partial charge < -0.3 is 9.84 Å². The normalized spacial score (nSPS) is 20.8. The maximum absolute atomic E-state index is 13.3. The quantitative estimate of drug-likeness (QED) is 0.938. The van der Waals surface area contributed by atoms with Gasteiger partial charge in [0.1, 0.15) is 11.6 Å². The average Bonchev–Trinajstić information content (AvgIpc) is 2.97. The molecule has 1 aliphatic heterocycles. The Kier molecular flexibility index (Phi) is 4.79. The molecule has 4 nitrogen and oxygen atoms in total. The molecule has 2 aromatic rings. The number of ether oxygens (including phenoxy) is 1. The van der Waals surface area contributed by atoms with Gasteiger partial charge in [0.2, 0.25) is 0 Å². The largest absolute Gasteiger partial charge is 0.497 e. The third-order valence-corrected chi connectivity index (χ3v) is 4.43. The summed E-state index contributed by atoms with van der Waals surface area (Å²) >= 11 is 0. The van der Waals surface area contributed by atoms with Gasteiger partial charge in [-0.15, -0.1) is 0 Å². The molecular formula is C19H19FN2O2. The first-order valence-electron chi connectivity index (χ1n) is 7.85. The van der Waals surface area contributed by atoms with Crippen LogP contribution >= 0.6 is 0 Å². The Morgan fingerprint density at radius 1 is 1.33 bits per heavy atom. The Hall–Kier alpha value is -2.42. The van der Waals surface area contributed by atoms with Crippen LogP contribution < -0.4 is 4.74 Å². The smallest absolute Gasteiger partial charge is 0.124 e. The summed E-state index contributed by atoms with van der Waals surface area (Å²) in [7, 11) is 1.62. The van der Waals surface area contributed by atoms with Crippen LogP contribution in [0, 0.1) is 17.1 Å². The van der Waals surface area contributed by atoms with E-state index in [9.17, 15) is 14.8 Å². The summed E-state index contributed by atoms with van der Waals surface area (Å²) in [5, 5.41) is 19.3. The third-order valence-electron chi connectivity index (χ3n) is 4.43. The summed E-state index contributed by atoms with van der Waals surface area (Å²) in [5.74, 6) is 0.356. The van der Waals surface area contributed by atoms with Gasteiger partial charge in [0, 0.05) is 19.1 Å². The molecule has 0 bridgehead atoms. The number of methoxy groups -OCH3 is 1. The standard InChI is InChI=1S/C19H19FN2O2/c1-24-18-4-2-3-13(8-18)19-9-17(23)12-22(19)11-14-5-6-16(20)7-15(14)10-21/h2-8,17,19,23H,9,11-12H2,1H3/t17-,19-/m1/s1. The molecular weight excluding hydrogens is 307 g/mol. The molecule has 24 heavy (non-hydrogen) atoms. The Labute approximate surface area is 140 Å². The molecule has 2 aromatic carbocycles. The molecule has 1 N–H and O–H groups in total. The lowest BCUT2D eigenvalue weighted by molar-refractivity contribution is 0.172. The number of benzene rings is 2. The molecule has 1 saturated heterocycles. The molecule has 0 spiro atoms. The molecule has 2 atom stereocenters. The van der Waals surface area contributed by atoms with Crippen LogP contribution in [0.3, 0.4) is 0 Å². The van der Waals surface area contributed by atoms with Crippen LogP contribution in [-0.4, -0.2) is 29.8 Å². The predicted molar refractivity (Wildman–Crippen MR) is 87.9 cm³/mol. The van der Waals surface area contributed by atoms with E-state index in [4.69, 9.17) is 4.74 Å². The van der Waals surface area contributed by atoms with Crippen molar-refractivity contribution in [1.29, 1.82) is 5.26 Å². The van der Waals surface area contributed by atoms with Crippen molar-refractivity contribution in [3.63, 3.8) is 0 Å². The van der Waals surface area contributed by atoms with Crippen molar-refractivity contribution >= 4 is 0 Å². The lowest BCUT2D eigenvalue weighted by Gasteiger charge is -2.25. The van der Waals surface area contributed by atoms with E-state index in [2.05, 4.69) is 4.90 Å². The Morgan fingerprint density at radius 3 is 2.92 bits per heavy atom. The maximum atomic E-state index is 13.3. The van der Waals surface area contributed by atoms with Gasteiger partial charge in [0.15, 0.2) is 0 Å². The van der Waals surface area contributed by atoms with E-state index in [1.54, 1.807) is 13.2 Å². The molecule has 0 amide bonds. The van der Waals surface area contributed by atoms with Crippen molar-refractivity contribution in [2.75, 3.05) is 13.7 Å². The fourth-order valence-electron chi connectivity index (χ4n) is 3.26. The minimum absolute atomic E-state index is 0.0340. The molecule has 3 rings (SSSR count). The van der Waals surface area contributed by atoms with Gasteiger partial charge in [0.05, 0.1) is 24.8 Å². The lowest BCUT2D eigenvalue weighted by atomic mass is 10.0. The molecule has 0 radical (unpaired) electrons. The molecule has 1 fully saturated rings. The molecule has 0 unspecified atom stereocenters. The number of rotatable bonds is 4. The van der Waals surface area contributed by atoms with Crippen LogP contribution in [0.25, 0.3) is 0 Å². The van der Waals surface area contributed by atoms with E-state index in [0.717, 1.165) is 16.9 Å². The fraction of sp³-hybridized carbons (Fsp3) is 0.316. The van der Waals surface area contributed by atoms with Crippen LogP contribution in [0.2, 0.25) is 0 Å². The molecule has 124 valence electrons. The van der Waals surface area contributed by atoms with E-state index in [1.165, 1.54) is 12.1 Å². The van der Waals surface area contributed by atoms with Gasteiger partial charge in [-0.05, 0) is 41.8 Å². The first-order valence-corrected chi connectivity index (χ1v) is 7.85. The molecule has 0 saturated carbocycles. The van der Waals surface area contributed by atoms with Gasteiger partial charge in [-0.1, -0.05) is 18.2 Å². The third kappa shape index (κ3) is 3.40. The van der Waals surface area contributed by atoms with E-state index in [1.807, 2.05) is 30.3 Å². The second kappa shape index (κ2) is 7.00. The summed E-state index contributed by atoms with van der Waals surface area (Å²) in [4.78, 5) is 2.12. The summed E-state index contributed by atoms with van der Waals surface area (Å²) in [6.45, 7) is 1.01. The fourth-order valence-corrected chi connectivity index (χ4v) is 3.26. The van der Waals surface area contributed by atoms with Crippen molar-refractivity contribution < 1.29 is 14.2 Å². The number of aliphatic hydroxyl groups is 1. The average molecular weight is 326 g/mol. The van der Waals surface area contributed by atoms with Gasteiger partial charge in [-0.25, -0.2) is 4.39 Å². The second-order valence-electron chi connectivity index (χ2n) is 6.02. The highest BCUT2D eigenvalue weighted by molar-refractivity contribution is 5.38. The number of likely N-dealkylation sites (tertiary alicyclic amines) is 1. The zero-order chi connectivity index (χ0) is 17.1. The number of hydrogen-bond donors (Lipinski definition) is 1. The lowest BCUT2D eigenvalue weighted by Crippen LogP contribution is -2.24. The number of nitrogens with zero attached hydrogens (tertiary/aromatic N) is 2. The van der Waals surface area contributed by atoms with E-state index in [0.29, 0.717) is 25.1 Å². The van der Waals surface area contributed by atoms with Crippen LogP contribution in [0.4, 0.5) is 4.39 Å². The van der Waals surface area contributed by atoms with E-state index < -0.39 is 11.9 Å². The van der Waals surface area contributed by atoms with Gasteiger partial charge in [0.25, 0.3) is 0 Å². The van der Waals surface area contributed by atoms with Crippen LogP contribution in [0.1, 0.15) is 29.2 Å². The topological polar surface area (TPSA) is 56.5 Å². The van der Waals surface area contributed by atoms with Crippen molar-refractivity contribution in [2.45, 2.75) is 25.1 Å². The second-order valence-corrected chi connectivity index (χ2v) is 6.02. The van der Waals surface area contributed by atoms with E-state index in [-0.39, 0.29) is 6.04 Å². The van der Waals surface area contributed by atoms with E-state index >= 15 is 0 Å². The van der Waals surface area contributed by atoms with Gasteiger partial charge in [-0.2, -0.15) is 5.26 Å². The minimum atomic E-state index is -0.424. The summed E-state index contributed by atoms with van der Waals surface area (Å²) < 4.78 is 18.6. The van der Waals surface area contributed by atoms with Crippen LogP contribution in [0.15, 0.2) is 42.5 Å². The minimum Gasteiger partial charge on any atom is -0.497 e.